The van der Waals surface area contributed by atoms with Crippen molar-refractivity contribution in [2.75, 3.05) is 28.6 Å². The van der Waals surface area contributed by atoms with Gasteiger partial charge >= 0.3 is 11.9 Å². The van der Waals surface area contributed by atoms with Gasteiger partial charge in [-0.2, -0.15) is 0 Å². The van der Waals surface area contributed by atoms with Crippen LogP contribution in [0.1, 0.15) is 64.7 Å². The van der Waals surface area contributed by atoms with E-state index in [9.17, 15) is 24.6 Å². The summed E-state index contributed by atoms with van der Waals surface area (Å²) in [6, 6.07) is 0.566. The molecule has 36 heavy (non-hydrogen) atoms. The van der Waals surface area contributed by atoms with Crippen molar-refractivity contribution < 1.29 is 37.8 Å². The van der Waals surface area contributed by atoms with Crippen LogP contribution >= 0.6 is 31.9 Å². The molecule has 0 heterocycles. The molecule has 1 amide bonds. The minimum absolute atomic E-state index is 0.154. The first-order valence-electron chi connectivity index (χ1n) is 11.2. The van der Waals surface area contributed by atoms with Crippen LogP contribution < -0.4 is 4.90 Å². The monoisotopic (exact) mass is 644 g/mol. The van der Waals surface area contributed by atoms with E-state index in [2.05, 4.69) is 31.9 Å². The SMILES string of the molecule is CC(C)(C)N(C(=O)c1cc(F)c(N(CCBr)CCBr)c(F)c1F)[C@@](CCC(=O)O)(C(=O)O)C(C)(C)C. The Balaban J connectivity index is 3.93. The van der Waals surface area contributed by atoms with Crippen LogP contribution in [0.15, 0.2) is 6.07 Å². The number of carboxylic acids is 2. The maximum absolute atomic E-state index is 15.4. The average Bonchev–Trinajstić information content (AvgIpc) is 2.71. The van der Waals surface area contributed by atoms with E-state index in [0.29, 0.717) is 16.7 Å². The number of nitrogens with zero attached hydrogens (tertiary/aromatic N) is 2. The Kier molecular flexibility index (Phi) is 10.9. The average molecular weight is 646 g/mol. The van der Waals surface area contributed by atoms with E-state index in [1.54, 1.807) is 0 Å². The third kappa shape index (κ3) is 6.54. The number of amides is 1. The Labute approximate surface area is 226 Å². The standard InChI is InChI=1S/C24H33Br2F3N2O5/c1-22(2,3)24(21(35)36,8-7-16(32)33)31(23(4,5)6)20(34)14-13-15(27)19(18(29)17(14)28)30(11-9-25)12-10-26/h13H,7-12H2,1-6H3,(H,32,33)(H,35,36)/t24-/m0/s1. The molecule has 0 saturated carbocycles. The maximum Gasteiger partial charge on any atom is 0.330 e. The lowest BCUT2D eigenvalue weighted by Crippen LogP contribution is -2.69. The predicted octanol–water partition coefficient (Wildman–Crippen LogP) is 5.68. The van der Waals surface area contributed by atoms with E-state index in [1.807, 2.05) is 0 Å². The van der Waals surface area contributed by atoms with Crippen LogP contribution in [-0.4, -0.2) is 67.8 Å². The summed E-state index contributed by atoms with van der Waals surface area (Å²) in [5.74, 6) is -8.45. The van der Waals surface area contributed by atoms with E-state index >= 15 is 13.2 Å². The largest absolute Gasteiger partial charge is 0.481 e. The molecule has 0 fully saturated rings. The fourth-order valence-electron chi connectivity index (χ4n) is 4.37. The molecule has 0 aliphatic rings. The molecule has 12 heteroatoms. The molecule has 0 aliphatic heterocycles. The highest BCUT2D eigenvalue weighted by Crippen LogP contribution is 2.45. The van der Waals surface area contributed by atoms with E-state index in [-0.39, 0.29) is 13.1 Å². The number of rotatable bonds is 11. The van der Waals surface area contributed by atoms with Crippen molar-refractivity contribution >= 4 is 55.4 Å². The van der Waals surface area contributed by atoms with Gasteiger partial charge in [0.1, 0.15) is 11.2 Å². The zero-order valence-corrected chi connectivity index (χ0v) is 24.4. The van der Waals surface area contributed by atoms with Crippen LogP contribution in [0.4, 0.5) is 18.9 Å². The minimum atomic E-state index is -2.16. The summed E-state index contributed by atoms with van der Waals surface area (Å²) in [7, 11) is 0. The number of anilines is 1. The van der Waals surface area contributed by atoms with Crippen LogP contribution in [0, 0.1) is 22.9 Å². The second kappa shape index (κ2) is 12.1. The number of benzene rings is 1. The Bertz CT molecular complexity index is 989. The fourth-order valence-corrected chi connectivity index (χ4v) is 5.23. The quantitative estimate of drug-likeness (QED) is 0.238. The van der Waals surface area contributed by atoms with Crippen molar-refractivity contribution in [3.8, 4) is 0 Å². The molecule has 0 saturated heterocycles. The van der Waals surface area contributed by atoms with Gasteiger partial charge < -0.3 is 20.0 Å². The molecule has 1 rings (SSSR count). The van der Waals surface area contributed by atoms with Crippen LogP contribution in [0.3, 0.4) is 0 Å². The zero-order chi connectivity index (χ0) is 28.2. The first-order chi connectivity index (χ1) is 16.4. The molecule has 2 N–H and O–H groups in total. The van der Waals surface area contributed by atoms with Crippen LogP contribution in [0.5, 0.6) is 0 Å². The van der Waals surface area contributed by atoms with Crippen molar-refractivity contribution in [3.63, 3.8) is 0 Å². The lowest BCUT2D eigenvalue weighted by atomic mass is 9.67. The van der Waals surface area contributed by atoms with Crippen molar-refractivity contribution in [3.05, 3.63) is 29.1 Å². The van der Waals surface area contributed by atoms with Crippen molar-refractivity contribution in [1.29, 1.82) is 0 Å². The van der Waals surface area contributed by atoms with Gasteiger partial charge in [-0.3, -0.25) is 9.59 Å². The van der Waals surface area contributed by atoms with Gasteiger partial charge in [0.05, 0.1) is 5.56 Å². The van der Waals surface area contributed by atoms with Crippen molar-refractivity contribution in [2.24, 2.45) is 5.41 Å². The molecule has 0 unspecified atom stereocenters. The van der Waals surface area contributed by atoms with E-state index < -0.39 is 75.9 Å². The number of carbonyl (C=O) groups is 3. The number of carbonyl (C=O) groups excluding carboxylic acids is 1. The third-order valence-corrected chi connectivity index (χ3v) is 6.65. The highest BCUT2D eigenvalue weighted by molar-refractivity contribution is 9.09. The highest BCUT2D eigenvalue weighted by Gasteiger charge is 2.58. The fraction of sp³-hybridized carbons (Fsp3) is 0.625. The molecular formula is C24H33Br2F3N2O5. The minimum Gasteiger partial charge on any atom is -0.481 e. The Morgan fingerprint density at radius 2 is 1.42 bits per heavy atom. The Morgan fingerprint density at radius 1 is 0.917 bits per heavy atom. The third-order valence-electron chi connectivity index (χ3n) is 5.94. The molecule has 0 bridgehead atoms. The number of hydrogen-bond acceptors (Lipinski definition) is 4. The van der Waals surface area contributed by atoms with E-state index in [0.717, 1.165) is 4.90 Å². The van der Waals surface area contributed by atoms with Gasteiger partial charge in [-0.1, -0.05) is 52.6 Å². The number of hydrogen-bond donors (Lipinski definition) is 2. The number of aliphatic carboxylic acids is 2. The normalized spacial score (nSPS) is 13.8. The molecule has 0 aromatic heterocycles. The van der Waals surface area contributed by atoms with Crippen LogP contribution in [0.2, 0.25) is 0 Å². The second-order valence-corrected chi connectivity index (χ2v) is 12.0. The Morgan fingerprint density at radius 3 is 1.78 bits per heavy atom. The van der Waals surface area contributed by atoms with E-state index in [4.69, 9.17) is 0 Å². The van der Waals surface area contributed by atoms with Gasteiger partial charge in [0.25, 0.3) is 5.91 Å². The van der Waals surface area contributed by atoms with E-state index in [1.165, 1.54) is 46.4 Å². The predicted molar refractivity (Wildman–Crippen MR) is 139 cm³/mol. The summed E-state index contributed by atoms with van der Waals surface area (Å²) in [5.41, 5.74) is -6.34. The molecular weight excluding hydrogens is 613 g/mol. The lowest BCUT2D eigenvalue weighted by molar-refractivity contribution is -0.164. The molecule has 1 aromatic carbocycles. The van der Waals surface area contributed by atoms with Gasteiger partial charge in [0.2, 0.25) is 0 Å². The summed E-state index contributed by atoms with van der Waals surface area (Å²) in [6.45, 7) is 9.30. The van der Waals surface area contributed by atoms with Gasteiger partial charge in [0, 0.05) is 35.7 Å². The topological polar surface area (TPSA) is 98.2 Å². The molecule has 7 nitrogen and oxygen atoms in total. The molecule has 0 spiro atoms. The lowest BCUT2D eigenvalue weighted by Gasteiger charge is -2.54. The maximum atomic E-state index is 15.4. The summed E-state index contributed by atoms with van der Waals surface area (Å²) >= 11 is 6.38. The number of halogens is 5. The molecule has 1 aromatic rings. The number of alkyl halides is 2. The summed E-state index contributed by atoms with van der Waals surface area (Å²) < 4.78 is 45.8. The van der Waals surface area contributed by atoms with Gasteiger partial charge in [-0.25, -0.2) is 18.0 Å². The summed E-state index contributed by atoms with van der Waals surface area (Å²) in [5, 5.41) is 20.3. The molecule has 204 valence electrons. The second-order valence-electron chi connectivity index (χ2n) is 10.4. The Hall–Kier alpha value is -1.82. The van der Waals surface area contributed by atoms with Crippen LogP contribution in [-0.2, 0) is 9.59 Å². The van der Waals surface area contributed by atoms with Crippen molar-refractivity contribution in [1.82, 2.24) is 4.90 Å². The summed E-state index contributed by atoms with van der Waals surface area (Å²) in [6.07, 6.45) is -1.12. The van der Waals surface area contributed by atoms with Crippen LogP contribution in [0.25, 0.3) is 0 Å². The van der Waals surface area contributed by atoms with Gasteiger partial charge in [0.15, 0.2) is 17.5 Å². The number of carboxylic acid groups (broad SMARTS) is 2. The first-order valence-corrected chi connectivity index (χ1v) is 13.5. The first kappa shape index (κ1) is 32.2. The summed E-state index contributed by atoms with van der Waals surface area (Å²) in [4.78, 5) is 40.1. The molecule has 0 radical (unpaired) electrons. The van der Waals surface area contributed by atoms with Crippen molar-refractivity contribution in [2.45, 2.75) is 65.5 Å². The van der Waals surface area contributed by atoms with Gasteiger partial charge in [-0.15, -0.1) is 0 Å². The molecule has 0 aliphatic carbocycles. The molecule has 1 atom stereocenters. The van der Waals surface area contributed by atoms with Gasteiger partial charge in [-0.05, 0) is 38.7 Å². The highest BCUT2D eigenvalue weighted by atomic mass is 79.9. The smallest absolute Gasteiger partial charge is 0.330 e. The zero-order valence-electron chi connectivity index (χ0n) is 21.2.